The molecule has 0 aliphatic carbocycles. The van der Waals surface area contributed by atoms with Gasteiger partial charge in [0.15, 0.2) is 6.61 Å². The van der Waals surface area contributed by atoms with E-state index in [-0.39, 0.29) is 36.1 Å². The number of hydrogen-bond donors (Lipinski definition) is 1. The number of amides is 2. The molecule has 9 nitrogen and oxygen atoms in total. The number of ether oxygens (including phenoxy) is 2. The van der Waals surface area contributed by atoms with E-state index in [1.165, 1.54) is 30.2 Å². The predicted octanol–water partition coefficient (Wildman–Crippen LogP) is 5.46. The lowest BCUT2D eigenvalue weighted by molar-refractivity contribution is -0.385. The average Bonchev–Trinajstić information content (AvgIpc) is 2.94. The second-order valence-corrected chi connectivity index (χ2v) is 9.46. The van der Waals surface area contributed by atoms with Crippen molar-refractivity contribution in [1.82, 2.24) is 10.2 Å². The second kappa shape index (κ2) is 14.4. The van der Waals surface area contributed by atoms with Crippen molar-refractivity contribution >= 4 is 40.7 Å². The van der Waals surface area contributed by atoms with E-state index in [9.17, 15) is 19.7 Å². The smallest absolute Gasteiger partial charge is 0.311 e. The number of rotatable bonds is 13. The van der Waals surface area contributed by atoms with Crippen LogP contribution in [0.5, 0.6) is 11.5 Å². The molecule has 0 fully saturated rings. The highest BCUT2D eigenvalue weighted by Crippen LogP contribution is 2.31. The molecule has 0 radical (unpaired) electrons. The molecule has 3 aromatic carbocycles. The first-order chi connectivity index (χ1) is 18.7. The fourth-order valence-electron chi connectivity index (χ4n) is 3.88. The van der Waals surface area contributed by atoms with Gasteiger partial charge in [-0.3, -0.25) is 19.7 Å². The Hall–Kier alpha value is -3.82. The highest BCUT2D eigenvalue weighted by atomic mass is 35.5. The fraction of sp³-hybridized carbons (Fsp3) is 0.286. The van der Waals surface area contributed by atoms with Crippen LogP contribution in [0.15, 0.2) is 66.7 Å². The third-order valence-corrected chi connectivity index (χ3v) is 6.61. The molecule has 1 unspecified atom stereocenters. The van der Waals surface area contributed by atoms with Crippen LogP contribution in [0, 0.1) is 10.1 Å². The largest absolute Gasteiger partial charge is 0.490 e. The molecular weight excluding hydrogens is 545 g/mol. The normalized spacial score (nSPS) is 11.4. The van der Waals surface area contributed by atoms with Gasteiger partial charge in [-0.1, -0.05) is 66.5 Å². The number of nitro groups is 1. The number of methoxy groups -OCH3 is 1. The lowest BCUT2D eigenvalue weighted by Gasteiger charge is -2.31. The molecule has 1 N–H and O–H groups in total. The Morgan fingerprint density at radius 2 is 1.77 bits per heavy atom. The van der Waals surface area contributed by atoms with Crippen molar-refractivity contribution in [2.24, 2.45) is 0 Å². The number of nitro benzene ring substituents is 1. The molecule has 2 amide bonds. The summed E-state index contributed by atoms with van der Waals surface area (Å²) in [6, 6.07) is 17.5. The first-order valence-electron chi connectivity index (χ1n) is 12.2. The summed E-state index contributed by atoms with van der Waals surface area (Å²) in [6.07, 6.45) is 1.00. The lowest BCUT2D eigenvalue weighted by atomic mass is 10.0. The number of carbonyl (C=O) groups is 2. The molecular formula is C28H29Cl2N3O6. The van der Waals surface area contributed by atoms with Gasteiger partial charge in [0.2, 0.25) is 11.7 Å². The monoisotopic (exact) mass is 573 g/mol. The Labute approximate surface area is 236 Å². The molecule has 0 aromatic heterocycles. The third kappa shape index (κ3) is 8.33. The average molecular weight is 574 g/mol. The third-order valence-electron chi connectivity index (χ3n) is 5.87. The molecule has 39 heavy (non-hydrogen) atoms. The van der Waals surface area contributed by atoms with Crippen LogP contribution < -0.4 is 14.8 Å². The SMILES string of the molecule is CCCNC(=O)C(Cc1ccccc1)N(Cc1ccc(Cl)c(Cl)c1)C(=O)COc1ccc([N+](=O)[O-])c(OC)c1. The van der Waals surface area contributed by atoms with E-state index in [1.54, 1.807) is 18.2 Å². The van der Waals surface area contributed by atoms with Gasteiger partial charge >= 0.3 is 5.69 Å². The zero-order valence-electron chi connectivity index (χ0n) is 21.6. The van der Waals surface area contributed by atoms with Gasteiger partial charge in [-0.2, -0.15) is 0 Å². The van der Waals surface area contributed by atoms with Crippen molar-refractivity contribution in [3.63, 3.8) is 0 Å². The zero-order chi connectivity index (χ0) is 28.4. The Bertz CT molecular complexity index is 1310. The zero-order valence-corrected chi connectivity index (χ0v) is 23.1. The molecule has 1 atom stereocenters. The van der Waals surface area contributed by atoms with Gasteiger partial charge in [0.1, 0.15) is 11.8 Å². The van der Waals surface area contributed by atoms with Gasteiger partial charge in [0.05, 0.1) is 22.1 Å². The van der Waals surface area contributed by atoms with E-state index in [4.69, 9.17) is 32.7 Å². The van der Waals surface area contributed by atoms with Gasteiger partial charge in [-0.05, 0) is 35.7 Å². The summed E-state index contributed by atoms with van der Waals surface area (Å²) in [7, 11) is 1.30. The summed E-state index contributed by atoms with van der Waals surface area (Å²) >= 11 is 12.3. The van der Waals surface area contributed by atoms with Crippen LogP contribution in [0.3, 0.4) is 0 Å². The topological polar surface area (TPSA) is 111 Å². The number of hydrogen-bond acceptors (Lipinski definition) is 6. The van der Waals surface area contributed by atoms with Crippen molar-refractivity contribution < 1.29 is 24.0 Å². The van der Waals surface area contributed by atoms with Crippen LogP contribution >= 0.6 is 23.2 Å². The van der Waals surface area contributed by atoms with Crippen molar-refractivity contribution in [3.8, 4) is 11.5 Å². The minimum absolute atomic E-state index is 0.00138. The van der Waals surface area contributed by atoms with Gasteiger partial charge in [0.25, 0.3) is 5.91 Å². The summed E-state index contributed by atoms with van der Waals surface area (Å²) in [5, 5.41) is 14.8. The second-order valence-electron chi connectivity index (χ2n) is 8.65. The van der Waals surface area contributed by atoms with Crippen LogP contribution in [0.25, 0.3) is 0 Å². The molecule has 0 spiro atoms. The maximum absolute atomic E-state index is 13.6. The molecule has 0 aliphatic heterocycles. The van der Waals surface area contributed by atoms with E-state index < -0.39 is 23.5 Å². The molecule has 0 saturated heterocycles. The summed E-state index contributed by atoms with van der Waals surface area (Å²) in [4.78, 5) is 39.1. The summed E-state index contributed by atoms with van der Waals surface area (Å²) in [5.74, 6) is -0.564. The van der Waals surface area contributed by atoms with Crippen LogP contribution in [0.1, 0.15) is 24.5 Å². The highest BCUT2D eigenvalue weighted by molar-refractivity contribution is 6.42. The number of halogens is 2. The number of nitrogens with zero attached hydrogens (tertiary/aromatic N) is 2. The van der Waals surface area contributed by atoms with Crippen LogP contribution in [0.2, 0.25) is 10.0 Å². The van der Waals surface area contributed by atoms with Crippen molar-refractivity contribution in [2.75, 3.05) is 20.3 Å². The predicted molar refractivity (Wildman–Crippen MR) is 149 cm³/mol. The Morgan fingerprint density at radius 1 is 1.03 bits per heavy atom. The Morgan fingerprint density at radius 3 is 2.41 bits per heavy atom. The highest BCUT2D eigenvalue weighted by Gasteiger charge is 2.31. The fourth-order valence-corrected chi connectivity index (χ4v) is 4.20. The van der Waals surface area contributed by atoms with E-state index in [0.29, 0.717) is 22.2 Å². The minimum Gasteiger partial charge on any atom is -0.490 e. The summed E-state index contributed by atoms with van der Waals surface area (Å²) < 4.78 is 10.8. The van der Waals surface area contributed by atoms with Crippen molar-refractivity contribution in [2.45, 2.75) is 32.4 Å². The van der Waals surface area contributed by atoms with E-state index in [1.807, 2.05) is 37.3 Å². The molecule has 0 saturated carbocycles. The molecule has 0 heterocycles. The first kappa shape index (κ1) is 29.7. The van der Waals surface area contributed by atoms with Gasteiger partial charge in [-0.25, -0.2) is 0 Å². The molecule has 0 bridgehead atoms. The van der Waals surface area contributed by atoms with Crippen molar-refractivity contribution in [1.29, 1.82) is 0 Å². The summed E-state index contributed by atoms with van der Waals surface area (Å²) in [6.45, 7) is 2.05. The Balaban J connectivity index is 1.92. The molecule has 11 heteroatoms. The van der Waals surface area contributed by atoms with Crippen LogP contribution in [-0.2, 0) is 22.6 Å². The number of carbonyl (C=O) groups excluding carboxylic acids is 2. The van der Waals surface area contributed by atoms with E-state index in [0.717, 1.165) is 12.0 Å². The van der Waals surface area contributed by atoms with Gasteiger partial charge < -0.3 is 19.7 Å². The van der Waals surface area contributed by atoms with Crippen molar-refractivity contribution in [3.05, 3.63) is 98.0 Å². The van der Waals surface area contributed by atoms with E-state index in [2.05, 4.69) is 5.32 Å². The molecule has 206 valence electrons. The maximum atomic E-state index is 13.6. The van der Waals surface area contributed by atoms with Crippen LogP contribution in [0.4, 0.5) is 5.69 Å². The number of nitrogens with one attached hydrogen (secondary N) is 1. The lowest BCUT2D eigenvalue weighted by Crippen LogP contribution is -2.51. The van der Waals surface area contributed by atoms with Gasteiger partial charge in [0, 0.05) is 31.6 Å². The first-order valence-corrected chi connectivity index (χ1v) is 13.0. The number of benzene rings is 3. The summed E-state index contributed by atoms with van der Waals surface area (Å²) in [5.41, 5.74) is 1.33. The quantitative estimate of drug-likeness (QED) is 0.215. The van der Waals surface area contributed by atoms with Crippen LogP contribution in [-0.4, -0.2) is 47.9 Å². The Kier molecular flexibility index (Phi) is 11.0. The molecule has 3 rings (SSSR count). The minimum atomic E-state index is -0.851. The standard InChI is InChI=1S/C28H29Cl2N3O6/c1-3-13-31-28(35)25(15-19-7-5-4-6-8-19)32(17-20-9-11-22(29)23(30)14-20)27(34)18-39-21-10-12-24(33(36)37)26(16-21)38-2/h4-12,14,16,25H,3,13,15,17-18H2,1-2H3,(H,31,35). The van der Waals surface area contributed by atoms with Gasteiger partial charge in [-0.15, -0.1) is 0 Å². The molecule has 0 aliphatic rings. The molecule has 3 aromatic rings. The maximum Gasteiger partial charge on any atom is 0.311 e. The van der Waals surface area contributed by atoms with E-state index >= 15 is 0 Å².